The highest BCUT2D eigenvalue weighted by molar-refractivity contribution is 5.77. The molecule has 1 N–H and O–H groups in total. The van der Waals surface area contributed by atoms with Gasteiger partial charge in [0.2, 0.25) is 5.91 Å². The van der Waals surface area contributed by atoms with Gasteiger partial charge in [-0.25, -0.2) is 0 Å². The van der Waals surface area contributed by atoms with E-state index in [9.17, 15) is 9.59 Å². The molecule has 5 nitrogen and oxygen atoms in total. The van der Waals surface area contributed by atoms with Crippen molar-refractivity contribution in [1.82, 2.24) is 9.88 Å². The predicted molar refractivity (Wildman–Crippen MR) is 67.0 cm³/mol. The molecule has 1 atom stereocenters. The molecule has 1 rings (SSSR count). The van der Waals surface area contributed by atoms with Crippen LogP contribution in [0.4, 0.5) is 0 Å². The summed E-state index contributed by atoms with van der Waals surface area (Å²) in [7, 11) is 1.64. The first kappa shape index (κ1) is 14.2. The molecule has 1 heterocycles. The number of hydrogen-bond donors (Lipinski definition) is 1. The second-order valence-electron chi connectivity index (χ2n) is 4.31. The quantitative estimate of drug-likeness (QED) is 0.827. The average molecular weight is 250 g/mol. The number of amides is 1. The van der Waals surface area contributed by atoms with E-state index in [-0.39, 0.29) is 18.4 Å². The van der Waals surface area contributed by atoms with Gasteiger partial charge in [0.25, 0.3) is 0 Å². The van der Waals surface area contributed by atoms with Gasteiger partial charge in [0.15, 0.2) is 0 Å². The van der Waals surface area contributed by atoms with Crippen LogP contribution in [0.5, 0.6) is 0 Å². The third-order valence-corrected chi connectivity index (χ3v) is 2.87. The number of carboxylic acids is 1. The highest BCUT2D eigenvalue weighted by Gasteiger charge is 2.17. The van der Waals surface area contributed by atoms with Crippen LogP contribution in [-0.2, 0) is 16.0 Å². The van der Waals surface area contributed by atoms with Gasteiger partial charge >= 0.3 is 5.97 Å². The standard InChI is InChI=1S/C13H18N2O3/c1-10(8-13(17)18)15(2)12(16)6-5-11-4-3-7-14-9-11/h3-4,7,9-10H,5-6,8H2,1-2H3,(H,17,18). The fourth-order valence-electron chi connectivity index (χ4n) is 1.61. The molecule has 0 saturated heterocycles. The minimum absolute atomic E-state index is 0.0326. The van der Waals surface area contributed by atoms with Crippen LogP contribution in [-0.4, -0.2) is 40.0 Å². The van der Waals surface area contributed by atoms with E-state index < -0.39 is 5.97 Å². The summed E-state index contributed by atoms with van der Waals surface area (Å²) >= 11 is 0. The maximum atomic E-state index is 11.9. The number of aromatic nitrogens is 1. The van der Waals surface area contributed by atoms with Crippen LogP contribution < -0.4 is 0 Å². The Morgan fingerprint density at radius 1 is 1.50 bits per heavy atom. The summed E-state index contributed by atoms with van der Waals surface area (Å²) in [6, 6.07) is 3.46. The van der Waals surface area contributed by atoms with Gasteiger partial charge in [-0.2, -0.15) is 0 Å². The van der Waals surface area contributed by atoms with Crippen molar-refractivity contribution in [3.05, 3.63) is 30.1 Å². The normalized spacial score (nSPS) is 11.9. The van der Waals surface area contributed by atoms with Crippen LogP contribution in [0, 0.1) is 0 Å². The molecule has 98 valence electrons. The summed E-state index contributed by atoms with van der Waals surface area (Å²) in [6.07, 6.45) is 4.37. The maximum absolute atomic E-state index is 11.9. The zero-order valence-corrected chi connectivity index (χ0v) is 10.7. The zero-order chi connectivity index (χ0) is 13.5. The van der Waals surface area contributed by atoms with E-state index in [1.54, 1.807) is 26.4 Å². The number of aliphatic carboxylic acids is 1. The number of aryl methyl sites for hydroxylation is 1. The second-order valence-corrected chi connectivity index (χ2v) is 4.31. The molecule has 0 aliphatic heterocycles. The molecule has 18 heavy (non-hydrogen) atoms. The largest absolute Gasteiger partial charge is 0.481 e. The number of hydrogen-bond acceptors (Lipinski definition) is 3. The topological polar surface area (TPSA) is 70.5 Å². The Labute approximate surface area is 106 Å². The van der Waals surface area contributed by atoms with Crippen LogP contribution in [0.1, 0.15) is 25.3 Å². The Morgan fingerprint density at radius 2 is 2.22 bits per heavy atom. The van der Waals surface area contributed by atoms with Gasteiger partial charge in [-0.15, -0.1) is 0 Å². The van der Waals surface area contributed by atoms with Crippen molar-refractivity contribution in [2.45, 2.75) is 32.2 Å². The van der Waals surface area contributed by atoms with Crippen molar-refractivity contribution < 1.29 is 14.7 Å². The molecule has 0 saturated carbocycles. The lowest BCUT2D eigenvalue weighted by Gasteiger charge is -2.23. The van der Waals surface area contributed by atoms with Gasteiger partial charge in [0.1, 0.15) is 0 Å². The molecule has 1 aromatic rings. The van der Waals surface area contributed by atoms with Crippen LogP contribution in [0.15, 0.2) is 24.5 Å². The minimum atomic E-state index is -0.894. The fourth-order valence-corrected chi connectivity index (χ4v) is 1.61. The van der Waals surface area contributed by atoms with E-state index in [4.69, 9.17) is 5.11 Å². The van der Waals surface area contributed by atoms with Crippen molar-refractivity contribution in [1.29, 1.82) is 0 Å². The van der Waals surface area contributed by atoms with Crippen molar-refractivity contribution >= 4 is 11.9 Å². The smallest absolute Gasteiger partial charge is 0.305 e. The molecular formula is C13H18N2O3. The Bertz CT molecular complexity index is 406. The summed E-state index contributed by atoms with van der Waals surface area (Å²) in [5.41, 5.74) is 1.00. The lowest BCUT2D eigenvalue weighted by atomic mass is 10.1. The van der Waals surface area contributed by atoms with Gasteiger partial charge in [0, 0.05) is 31.9 Å². The number of rotatable bonds is 6. The molecule has 1 amide bonds. The third-order valence-electron chi connectivity index (χ3n) is 2.87. The molecular weight excluding hydrogens is 232 g/mol. The first-order valence-electron chi connectivity index (χ1n) is 5.87. The summed E-state index contributed by atoms with van der Waals surface area (Å²) in [6.45, 7) is 1.73. The Morgan fingerprint density at radius 3 is 2.78 bits per heavy atom. The molecule has 0 bridgehead atoms. The van der Waals surface area contributed by atoms with Crippen molar-refractivity contribution in [2.75, 3.05) is 7.05 Å². The summed E-state index contributed by atoms with van der Waals surface area (Å²) in [4.78, 5) is 27.9. The molecule has 1 aromatic heterocycles. The van der Waals surface area contributed by atoms with Gasteiger partial charge < -0.3 is 10.0 Å². The minimum Gasteiger partial charge on any atom is -0.481 e. The molecule has 0 aliphatic carbocycles. The third kappa shape index (κ3) is 4.53. The molecule has 0 aliphatic rings. The maximum Gasteiger partial charge on any atom is 0.305 e. The summed E-state index contributed by atoms with van der Waals surface area (Å²) < 4.78 is 0. The van der Waals surface area contributed by atoms with Gasteiger partial charge in [-0.3, -0.25) is 14.6 Å². The number of carbonyl (C=O) groups is 2. The van der Waals surface area contributed by atoms with Crippen molar-refractivity contribution in [3.63, 3.8) is 0 Å². The number of nitrogens with zero attached hydrogens (tertiary/aromatic N) is 2. The molecule has 0 spiro atoms. The fraction of sp³-hybridized carbons (Fsp3) is 0.462. The Balaban J connectivity index is 2.43. The lowest BCUT2D eigenvalue weighted by Crippen LogP contribution is -2.36. The summed E-state index contributed by atoms with van der Waals surface area (Å²) in [5, 5.41) is 8.68. The Kier molecular flexibility index (Phi) is 5.30. The van der Waals surface area contributed by atoms with E-state index in [2.05, 4.69) is 4.98 Å². The van der Waals surface area contributed by atoms with E-state index in [1.165, 1.54) is 4.90 Å². The van der Waals surface area contributed by atoms with E-state index in [0.717, 1.165) is 5.56 Å². The predicted octanol–water partition coefficient (Wildman–Crippen LogP) is 1.34. The van der Waals surface area contributed by atoms with E-state index >= 15 is 0 Å². The molecule has 1 unspecified atom stereocenters. The monoisotopic (exact) mass is 250 g/mol. The number of carboxylic acid groups (broad SMARTS) is 1. The van der Waals surface area contributed by atoms with Crippen molar-refractivity contribution in [3.8, 4) is 0 Å². The molecule has 0 radical (unpaired) electrons. The summed E-state index contributed by atoms with van der Waals surface area (Å²) in [5.74, 6) is -0.943. The van der Waals surface area contributed by atoms with Gasteiger partial charge in [-0.05, 0) is 25.0 Å². The average Bonchev–Trinajstić information content (AvgIpc) is 2.35. The van der Waals surface area contributed by atoms with Crippen molar-refractivity contribution in [2.24, 2.45) is 0 Å². The van der Waals surface area contributed by atoms with Crippen LogP contribution in [0.25, 0.3) is 0 Å². The highest BCUT2D eigenvalue weighted by Crippen LogP contribution is 2.07. The Hall–Kier alpha value is -1.91. The highest BCUT2D eigenvalue weighted by atomic mass is 16.4. The lowest BCUT2D eigenvalue weighted by molar-refractivity contribution is -0.139. The number of carbonyl (C=O) groups excluding carboxylic acids is 1. The van der Waals surface area contributed by atoms with E-state index in [1.807, 2.05) is 12.1 Å². The van der Waals surface area contributed by atoms with Gasteiger partial charge in [0.05, 0.1) is 6.42 Å². The first-order valence-corrected chi connectivity index (χ1v) is 5.87. The van der Waals surface area contributed by atoms with Crippen LogP contribution >= 0.6 is 0 Å². The van der Waals surface area contributed by atoms with E-state index in [0.29, 0.717) is 12.8 Å². The zero-order valence-electron chi connectivity index (χ0n) is 10.7. The molecule has 0 aromatic carbocycles. The molecule has 5 heteroatoms. The van der Waals surface area contributed by atoms with Crippen LogP contribution in [0.3, 0.4) is 0 Å². The molecule has 0 fully saturated rings. The number of pyridine rings is 1. The van der Waals surface area contributed by atoms with Gasteiger partial charge in [-0.1, -0.05) is 6.07 Å². The second kappa shape index (κ2) is 6.74. The SMILES string of the molecule is CC(CC(=O)O)N(C)C(=O)CCc1cccnc1. The van der Waals surface area contributed by atoms with Crippen LogP contribution in [0.2, 0.25) is 0 Å². The first-order chi connectivity index (χ1) is 8.50.